The number of aliphatic imine (C=N–C) groups is 1. The zero-order valence-electron chi connectivity index (χ0n) is 11.6. The molecule has 6 heteroatoms. The summed E-state index contributed by atoms with van der Waals surface area (Å²) in [5, 5.41) is 6.98. The fraction of sp³-hybridized carbons (Fsp3) is 0.0625. The largest absolute Gasteiger partial charge is 0.280 e. The highest BCUT2D eigenvalue weighted by atomic mass is 79.9. The maximum absolute atomic E-state index is 5.28. The summed E-state index contributed by atoms with van der Waals surface area (Å²) in [6.45, 7) is 0.642. The van der Waals surface area contributed by atoms with Crippen molar-refractivity contribution >= 4 is 40.3 Å². The molecule has 4 nitrogen and oxygen atoms in total. The molecule has 3 aromatic rings. The number of benzene rings is 2. The van der Waals surface area contributed by atoms with Gasteiger partial charge in [-0.05, 0) is 35.5 Å². The van der Waals surface area contributed by atoms with Crippen molar-refractivity contribution < 1.29 is 0 Å². The van der Waals surface area contributed by atoms with E-state index in [2.05, 4.69) is 43.3 Å². The van der Waals surface area contributed by atoms with Crippen LogP contribution >= 0.6 is 28.1 Å². The highest BCUT2D eigenvalue weighted by Gasteiger charge is 2.04. The molecule has 0 bridgehead atoms. The second-order valence-corrected chi connectivity index (χ2v) is 6.01. The van der Waals surface area contributed by atoms with Crippen LogP contribution in [-0.2, 0) is 6.54 Å². The summed E-state index contributed by atoms with van der Waals surface area (Å²) in [5.74, 6) is 0.566. The predicted molar refractivity (Wildman–Crippen MR) is 94.4 cm³/mol. The minimum Gasteiger partial charge on any atom is -0.280 e. The summed E-state index contributed by atoms with van der Waals surface area (Å²) < 4.78 is 3.48. The molecule has 1 aromatic heterocycles. The quantitative estimate of drug-likeness (QED) is 0.541. The molecule has 0 saturated carbocycles. The molecule has 3 rings (SSSR count). The maximum atomic E-state index is 5.28. The Morgan fingerprint density at radius 2 is 1.86 bits per heavy atom. The third-order valence-electron chi connectivity index (χ3n) is 3.12. The van der Waals surface area contributed by atoms with Crippen LogP contribution in [0.1, 0.15) is 11.1 Å². The lowest BCUT2D eigenvalue weighted by molar-refractivity contribution is 0.785. The van der Waals surface area contributed by atoms with E-state index in [1.807, 2.05) is 47.0 Å². The molecule has 110 valence electrons. The average molecular weight is 373 g/mol. The summed E-state index contributed by atoms with van der Waals surface area (Å²) in [4.78, 5) is 4.44. The van der Waals surface area contributed by atoms with Crippen molar-refractivity contribution in [1.82, 2.24) is 14.8 Å². The zero-order chi connectivity index (χ0) is 15.4. The Bertz CT molecular complexity index is 835. The van der Waals surface area contributed by atoms with E-state index in [0.29, 0.717) is 17.3 Å². The van der Waals surface area contributed by atoms with Crippen LogP contribution in [-0.4, -0.2) is 21.0 Å². The normalized spacial score (nSPS) is 11.1. The van der Waals surface area contributed by atoms with Crippen LogP contribution in [0, 0.1) is 4.77 Å². The summed E-state index contributed by atoms with van der Waals surface area (Å²) in [5.41, 5.74) is 2.16. The fourth-order valence-electron chi connectivity index (χ4n) is 2.00. The van der Waals surface area contributed by atoms with E-state index in [0.717, 1.165) is 15.6 Å². The molecule has 0 radical (unpaired) electrons. The van der Waals surface area contributed by atoms with Crippen LogP contribution in [0.3, 0.4) is 0 Å². The Kier molecular flexibility index (Phi) is 4.60. The molecule has 0 saturated heterocycles. The molecule has 0 aliphatic rings. The van der Waals surface area contributed by atoms with Crippen LogP contribution in [0.4, 0.5) is 5.95 Å². The van der Waals surface area contributed by atoms with Gasteiger partial charge in [-0.15, -0.1) is 5.10 Å². The van der Waals surface area contributed by atoms with Crippen molar-refractivity contribution in [2.24, 2.45) is 4.99 Å². The Morgan fingerprint density at radius 3 is 2.59 bits per heavy atom. The minimum absolute atomic E-state index is 0.562. The van der Waals surface area contributed by atoms with E-state index in [9.17, 15) is 0 Å². The second-order valence-electron chi connectivity index (χ2n) is 4.71. The van der Waals surface area contributed by atoms with E-state index in [4.69, 9.17) is 12.2 Å². The molecule has 0 aliphatic heterocycles. The smallest absolute Gasteiger partial charge is 0.249 e. The summed E-state index contributed by atoms with van der Waals surface area (Å²) in [7, 11) is 0. The maximum Gasteiger partial charge on any atom is 0.249 e. The van der Waals surface area contributed by atoms with Gasteiger partial charge in [0, 0.05) is 10.7 Å². The van der Waals surface area contributed by atoms with Gasteiger partial charge < -0.3 is 0 Å². The molecule has 0 atom stereocenters. The lowest BCUT2D eigenvalue weighted by Gasteiger charge is -2.03. The van der Waals surface area contributed by atoms with Crippen molar-refractivity contribution in [2.75, 3.05) is 0 Å². The van der Waals surface area contributed by atoms with E-state index >= 15 is 0 Å². The first-order chi connectivity index (χ1) is 10.7. The van der Waals surface area contributed by atoms with E-state index in [1.165, 1.54) is 0 Å². The number of hydrogen-bond acceptors (Lipinski definition) is 3. The molecule has 1 heterocycles. The zero-order valence-corrected chi connectivity index (χ0v) is 14.0. The van der Waals surface area contributed by atoms with Crippen molar-refractivity contribution in [1.29, 1.82) is 0 Å². The Hall–Kier alpha value is -2.05. The molecule has 0 unspecified atom stereocenters. The van der Waals surface area contributed by atoms with E-state index < -0.39 is 0 Å². The van der Waals surface area contributed by atoms with Crippen LogP contribution in [0.15, 0.2) is 64.1 Å². The first-order valence-corrected chi connectivity index (χ1v) is 7.91. The number of nitrogens with zero attached hydrogens (tertiary/aromatic N) is 3. The van der Waals surface area contributed by atoms with Crippen LogP contribution < -0.4 is 0 Å². The van der Waals surface area contributed by atoms with Gasteiger partial charge in [0.05, 0.1) is 6.54 Å². The number of hydrogen-bond donors (Lipinski definition) is 1. The number of halogens is 1. The van der Waals surface area contributed by atoms with Gasteiger partial charge in [-0.1, -0.05) is 58.4 Å². The molecule has 0 aliphatic carbocycles. The number of rotatable bonds is 4. The summed E-state index contributed by atoms with van der Waals surface area (Å²) in [6.07, 6.45) is 1.78. The second kappa shape index (κ2) is 6.81. The molecule has 1 N–H and O–H groups in total. The summed E-state index contributed by atoms with van der Waals surface area (Å²) >= 11 is 8.70. The standard InChI is InChI=1S/C16H13BrN4S/c17-14-8-6-12(7-9-14)10-18-15-19-20-16(22)21(15)11-13-4-2-1-3-5-13/h1-10H,11H2,(H,20,22). The molecular weight excluding hydrogens is 360 g/mol. The van der Waals surface area contributed by atoms with Crippen molar-refractivity contribution in [3.63, 3.8) is 0 Å². The SMILES string of the molecule is S=c1[nH]nc(N=Cc2ccc(Br)cc2)n1Cc1ccccc1. The van der Waals surface area contributed by atoms with Gasteiger partial charge >= 0.3 is 0 Å². The van der Waals surface area contributed by atoms with Crippen LogP contribution in [0.25, 0.3) is 0 Å². The summed E-state index contributed by atoms with van der Waals surface area (Å²) in [6, 6.07) is 18.0. The highest BCUT2D eigenvalue weighted by molar-refractivity contribution is 9.10. The number of nitrogens with one attached hydrogen (secondary N) is 1. The average Bonchev–Trinajstić information content (AvgIpc) is 2.88. The van der Waals surface area contributed by atoms with Gasteiger partial charge in [0.25, 0.3) is 0 Å². The van der Waals surface area contributed by atoms with Gasteiger partial charge in [-0.2, -0.15) is 0 Å². The minimum atomic E-state index is 0.562. The molecule has 0 amide bonds. The van der Waals surface area contributed by atoms with Crippen molar-refractivity contribution in [3.8, 4) is 0 Å². The molecule has 0 spiro atoms. The first-order valence-electron chi connectivity index (χ1n) is 6.71. The van der Waals surface area contributed by atoms with E-state index in [1.54, 1.807) is 6.21 Å². The topological polar surface area (TPSA) is 46.0 Å². The lowest BCUT2D eigenvalue weighted by atomic mass is 10.2. The Labute approximate surface area is 141 Å². The van der Waals surface area contributed by atoms with Gasteiger partial charge in [-0.25, -0.2) is 10.1 Å². The molecule has 0 fully saturated rings. The molecular formula is C16H13BrN4S. The van der Waals surface area contributed by atoms with Gasteiger partial charge in [0.2, 0.25) is 5.95 Å². The van der Waals surface area contributed by atoms with E-state index in [-0.39, 0.29) is 0 Å². The number of aromatic amines is 1. The highest BCUT2D eigenvalue weighted by Crippen LogP contribution is 2.13. The monoisotopic (exact) mass is 372 g/mol. The van der Waals surface area contributed by atoms with Gasteiger partial charge in [-0.3, -0.25) is 4.57 Å². The fourth-order valence-corrected chi connectivity index (χ4v) is 2.45. The third kappa shape index (κ3) is 3.58. The Balaban J connectivity index is 1.86. The number of aromatic nitrogens is 3. The molecule has 22 heavy (non-hydrogen) atoms. The third-order valence-corrected chi connectivity index (χ3v) is 3.96. The number of H-pyrrole nitrogens is 1. The molecule has 2 aromatic carbocycles. The van der Waals surface area contributed by atoms with Crippen LogP contribution in [0.5, 0.6) is 0 Å². The lowest BCUT2D eigenvalue weighted by Crippen LogP contribution is -1.99. The predicted octanol–water partition coefficient (Wildman–Crippen LogP) is 4.50. The van der Waals surface area contributed by atoms with Gasteiger partial charge in [0.1, 0.15) is 0 Å². The Morgan fingerprint density at radius 1 is 1.14 bits per heavy atom. The van der Waals surface area contributed by atoms with Crippen molar-refractivity contribution in [2.45, 2.75) is 6.54 Å². The first kappa shape index (κ1) is 14.9. The van der Waals surface area contributed by atoms with Gasteiger partial charge in [0.15, 0.2) is 4.77 Å². The van der Waals surface area contributed by atoms with Crippen LogP contribution in [0.2, 0.25) is 0 Å². The van der Waals surface area contributed by atoms with Crippen molar-refractivity contribution in [3.05, 3.63) is 75.0 Å².